The van der Waals surface area contributed by atoms with E-state index in [2.05, 4.69) is 22.6 Å². The summed E-state index contributed by atoms with van der Waals surface area (Å²) >= 11 is 14.0. The molecule has 0 N–H and O–H groups in total. The molecule has 2 aromatic carbocycles. The monoisotopic (exact) mass is 437 g/mol. The van der Waals surface area contributed by atoms with Crippen LogP contribution in [0.4, 0.5) is 4.39 Å². The van der Waals surface area contributed by atoms with E-state index in [0.29, 0.717) is 21.2 Å². The van der Waals surface area contributed by atoms with Gasteiger partial charge >= 0.3 is 0 Å². The SMILES string of the molecule is CN(Cc1c(F)cccc1Cl)C(=O)c1cc(Cl)ccc1I. The number of hydrogen-bond acceptors (Lipinski definition) is 1. The van der Waals surface area contributed by atoms with E-state index in [1.54, 1.807) is 31.3 Å². The second-order valence-electron chi connectivity index (χ2n) is 4.49. The number of halogens is 4. The zero-order valence-electron chi connectivity index (χ0n) is 11.0. The molecule has 0 aliphatic carbocycles. The molecule has 0 heterocycles. The van der Waals surface area contributed by atoms with Crippen LogP contribution in [0.2, 0.25) is 10.0 Å². The molecule has 0 saturated carbocycles. The zero-order chi connectivity index (χ0) is 15.6. The fourth-order valence-electron chi connectivity index (χ4n) is 1.86. The topological polar surface area (TPSA) is 20.3 Å². The maximum Gasteiger partial charge on any atom is 0.255 e. The molecule has 21 heavy (non-hydrogen) atoms. The van der Waals surface area contributed by atoms with Crippen molar-refractivity contribution < 1.29 is 9.18 Å². The molecule has 0 aliphatic heterocycles. The molecule has 2 rings (SSSR count). The lowest BCUT2D eigenvalue weighted by Crippen LogP contribution is -2.27. The smallest absolute Gasteiger partial charge is 0.255 e. The molecule has 0 atom stereocenters. The highest BCUT2D eigenvalue weighted by Gasteiger charge is 2.18. The molecule has 110 valence electrons. The summed E-state index contributed by atoms with van der Waals surface area (Å²) in [5.41, 5.74) is 0.783. The van der Waals surface area contributed by atoms with Gasteiger partial charge in [0.2, 0.25) is 0 Å². The first-order chi connectivity index (χ1) is 9.90. The highest BCUT2D eigenvalue weighted by molar-refractivity contribution is 14.1. The Hall–Kier alpha value is -0.850. The summed E-state index contributed by atoms with van der Waals surface area (Å²) in [6.07, 6.45) is 0. The van der Waals surface area contributed by atoms with Crippen molar-refractivity contribution in [2.24, 2.45) is 0 Å². The number of nitrogens with zero attached hydrogens (tertiary/aromatic N) is 1. The van der Waals surface area contributed by atoms with Gasteiger partial charge in [-0.2, -0.15) is 0 Å². The Labute approximate surface area is 146 Å². The van der Waals surface area contributed by atoms with Crippen molar-refractivity contribution >= 4 is 51.7 Å². The summed E-state index contributed by atoms with van der Waals surface area (Å²) in [6, 6.07) is 9.53. The molecule has 0 radical (unpaired) electrons. The Morgan fingerprint density at radius 3 is 2.67 bits per heavy atom. The average molecular weight is 438 g/mol. The van der Waals surface area contributed by atoms with Gasteiger partial charge in [0.15, 0.2) is 0 Å². The van der Waals surface area contributed by atoms with Gasteiger partial charge in [-0.15, -0.1) is 0 Å². The van der Waals surface area contributed by atoms with E-state index >= 15 is 0 Å². The second kappa shape index (κ2) is 6.94. The van der Waals surface area contributed by atoms with Crippen LogP contribution in [0.25, 0.3) is 0 Å². The van der Waals surface area contributed by atoms with E-state index < -0.39 is 5.82 Å². The number of hydrogen-bond donors (Lipinski definition) is 0. The Morgan fingerprint density at radius 1 is 1.29 bits per heavy atom. The lowest BCUT2D eigenvalue weighted by Gasteiger charge is -2.19. The van der Waals surface area contributed by atoms with Crippen LogP contribution in [0.3, 0.4) is 0 Å². The summed E-state index contributed by atoms with van der Waals surface area (Å²) in [5, 5.41) is 0.784. The molecule has 0 aromatic heterocycles. The van der Waals surface area contributed by atoms with Crippen LogP contribution >= 0.6 is 45.8 Å². The Morgan fingerprint density at radius 2 is 2.00 bits per heavy atom. The normalized spacial score (nSPS) is 10.5. The zero-order valence-corrected chi connectivity index (χ0v) is 14.7. The number of benzene rings is 2. The molecule has 2 aromatic rings. The van der Waals surface area contributed by atoms with E-state index in [1.165, 1.54) is 17.0 Å². The highest BCUT2D eigenvalue weighted by Crippen LogP contribution is 2.23. The van der Waals surface area contributed by atoms with Crippen LogP contribution in [-0.4, -0.2) is 17.9 Å². The Balaban J connectivity index is 2.26. The standard InChI is InChI=1S/C15H11Cl2FINO/c1-20(8-11-12(17)3-2-4-13(11)18)15(21)10-7-9(16)5-6-14(10)19/h2-7H,8H2,1H3. The molecule has 6 heteroatoms. The van der Waals surface area contributed by atoms with Gasteiger partial charge < -0.3 is 4.90 Å². The highest BCUT2D eigenvalue weighted by atomic mass is 127. The fraction of sp³-hybridized carbons (Fsp3) is 0.133. The van der Waals surface area contributed by atoms with Crippen molar-refractivity contribution in [1.29, 1.82) is 0 Å². The van der Waals surface area contributed by atoms with Crippen LogP contribution in [-0.2, 0) is 6.54 Å². The molecule has 0 spiro atoms. The lowest BCUT2D eigenvalue weighted by molar-refractivity contribution is 0.0783. The molecular formula is C15H11Cl2FINO. The van der Waals surface area contributed by atoms with Crippen molar-refractivity contribution in [2.45, 2.75) is 6.54 Å². The van der Waals surface area contributed by atoms with E-state index in [4.69, 9.17) is 23.2 Å². The van der Waals surface area contributed by atoms with Gasteiger partial charge in [0, 0.05) is 32.8 Å². The predicted octanol–water partition coefficient (Wildman–Crippen LogP) is 5.01. The van der Waals surface area contributed by atoms with E-state index in [1.807, 2.05) is 0 Å². The summed E-state index contributed by atoms with van der Waals surface area (Å²) in [5.74, 6) is -0.663. The van der Waals surface area contributed by atoms with Crippen molar-refractivity contribution in [2.75, 3.05) is 7.05 Å². The molecule has 0 saturated heterocycles. The first kappa shape index (κ1) is 16.5. The summed E-state index contributed by atoms with van der Waals surface area (Å²) in [7, 11) is 1.60. The predicted molar refractivity (Wildman–Crippen MR) is 91.4 cm³/mol. The van der Waals surface area contributed by atoms with Gasteiger partial charge in [-0.1, -0.05) is 29.3 Å². The first-order valence-corrected chi connectivity index (χ1v) is 7.87. The van der Waals surface area contributed by atoms with Gasteiger partial charge in [0.05, 0.1) is 5.56 Å². The van der Waals surface area contributed by atoms with Gasteiger partial charge in [0.25, 0.3) is 5.91 Å². The first-order valence-electron chi connectivity index (χ1n) is 6.03. The number of rotatable bonds is 3. The quantitative estimate of drug-likeness (QED) is 0.618. The largest absolute Gasteiger partial charge is 0.337 e. The van der Waals surface area contributed by atoms with E-state index in [-0.39, 0.29) is 12.5 Å². The average Bonchev–Trinajstić information content (AvgIpc) is 2.44. The Kier molecular flexibility index (Phi) is 5.46. The maximum atomic E-state index is 13.8. The third-order valence-electron chi connectivity index (χ3n) is 2.96. The maximum absolute atomic E-state index is 13.8. The van der Waals surface area contributed by atoms with Crippen LogP contribution in [0.15, 0.2) is 36.4 Å². The summed E-state index contributed by atoms with van der Waals surface area (Å²) in [6.45, 7) is 0.0902. The number of carbonyl (C=O) groups excluding carboxylic acids is 1. The van der Waals surface area contributed by atoms with Crippen LogP contribution in [0, 0.1) is 9.39 Å². The van der Waals surface area contributed by atoms with E-state index in [0.717, 1.165) is 3.57 Å². The van der Waals surface area contributed by atoms with Crippen molar-refractivity contribution in [3.63, 3.8) is 0 Å². The van der Waals surface area contributed by atoms with Gasteiger partial charge in [0.1, 0.15) is 5.82 Å². The van der Waals surface area contributed by atoms with Gasteiger partial charge in [-0.05, 0) is 52.9 Å². The minimum absolute atomic E-state index is 0.0902. The molecular weight excluding hydrogens is 427 g/mol. The lowest BCUT2D eigenvalue weighted by atomic mass is 10.1. The molecule has 2 nitrogen and oxygen atoms in total. The van der Waals surface area contributed by atoms with Crippen molar-refractivity contribution in [3.05, 3.63) is 67.0 Å². The number of carbonyl (C=O) groups is 1. The molecule has 0 bridgehead atoms. The minimum atomic E-state index is -0.428. The number of amides is 1. The van der Waals surface area contributed by atoms with Crippen LogP contribution in [0.5, 0.6) is 0 Å². The fourth-order valence-corrected chi connectivity index (χ4v) is 2.82. The van der Waals surface area contributed by atoms with Gasteiger partial charge in [-0.3, -0.25) is 4.79 Å². The van der Waals surface area contributed by atoms with Crippen molar-refractivity contribution in [3.8, 4) is 0 Å². The third kappa shape index (κ3) is 3.87. The third-order valence-corrected chi connectivity index (χ3v) is 4.49. The van der Waals surface area contributed by atoms with E-state index in [9.17, 15) is 9.18 Å². The summed E-state index contributed by atoms with van der Waals surface area (Å²) in [4.78, 5) is 13.9. The van der Waals surface area contributed by atoms with Crippen LogP contribution < -0.4 is 0 Å². The minimum Gasteiger partial charge on any atom is -0.337 e. The molecule has 0 fully saturated rings. The molecule has 0 unspecified atom stereocenters. The summed E-state index contributed by atoms with van der Waals surface area (Å²) < 4.78 is 14.6. The molecule has 0 aliphatic rings. The van der Waals surface area contributed by atoms with Crippen LogP contribution in [0.1, 0.15) is 15.9 Å². The Bertz CT molecular complexity index is 673. The second-order valence-corrected chi connectivity index (χ2v) is 6.49. The van der Waals surface area contributed by atoms with Crippen molar-refractivity contribution in [1.82, 2.24) is 4.90 Å². The molecule has 1 amide bonds. The van der Waals surface area contributed by atoms with Gasteiger partial charge in [-0.25, -0.2) is 4.39 Å².